The molecule has 268 valence electrons. The lowest BCUT2D eigenvalue weighted by molar-refractivity contribution is -0.345. The SMILES string of the molecule is CC(=O)OC1C(=O)C2(C)C(OC(=O)OC(Cl)(Cl)CCl)CC3OCC3(OC(C)=O)C2C(OC(=O)c2ccccc2)C2(O)CCC(C)=C1C2(C)C. The van der Waals surface area contributed by atoms with E-state index in [0.717, 1.165) is 6.92 Å². The number of Topliss-reactive ketones (excluding diaryl/α,β-unsaturated/α-hetero) is 1. The highest BCUT2D eigenvalue weighted by atomic mass is 35.5. The van der Waals surface area contributed by atoms with Gasteiger partial charge in [-0.3, -0.25) is 14.4 Å². The molecule has 0 spiro atoms. The van der Waals surface area contributed by atoms with E-state index in [1.165, 1.54) is 26.0 Å². The van der Waals surface area contributed by atoms with Crippen LogP contribution in [0.5, 0.6) is 0 Å². The minimum atomic E-state index is -2.20. The lowest BCUT2D eigenvalue weighted by Gasteiger charge is -2.67. The van der Waals surface area contributed by atoms with Crippen molar-refractivity contribution in [3.63, 3.8) is 0 Å². The van der Waals surface area contributed by atoms with Crippen molar-refractivity contribution in [1.29, 1.82) is 0 Å². The number of esters is 3. The van der Waals surface area contributed by atoms with Crippen LogP contribution in [0.1, 0.15) is 71.2 Å². The van der Waals surface area contributed by atoms with E-state index >= 15 is 4.79 Å². The minimum absolute atomic E-state index is 0.0294. The summed E-state index contributed by atoms with van der Waals surface area (Å²) in [5, 5.41) is 13.1. The molecule has 8 unspecified atom stereocenters. The Hall–Kier alpha value is -2.90. The Morgan fingerprint density at radius 1 is 1.02 bits per heavy atom. The summed E-state index contributed by atoms with van der Waals surface area (Å²) in [4.78, 5) is 68.0. The largest absolute Gasteiger partial charge is 0.511 e. The second-order valence-corrected chi connectivity index (χ2v) is 15.5. The van der Waals surface area contributed by atoms with Gasteiger partial charge in [0.05, 0.1) is 29.4 Å². The van der Waals surface area contributed by atoms with Gasteiger partial charge in [0, 0.05) is 25.7 Å². The number of carbonyl (C=O) groups is 5. The van der Waals surface area contributed by atoms with Crippen molar-refractivity contribution in [3.05, 3.63) is 47.0 Å². The Morgan fingerprint density at radius 2 is 1.67 bits per heavy atom. The fourth-order valence-electron chi connectivity index (χ4n) is 8.37. The van der Waals surface area contributed by atoms with Crippen LogP contribution in [0.4, 0.5) is 4.79 Å². The average Bonchev–Trinajstić information content (AvgIpc) is 3.01. The highest BCUT2D eigenvalue weighted by molar-refractivity contribution is 6.50. The van der Waals surface area contributed by atoms with Crippen molar-refractivity contribution in [2.24, 2.45) is 16.7 Å². The Labute approximate surface area is 298 Å². The number of ether oxygens (including phenoxy) is 6. The third-order valence-electron chi connectivity index (χ3n) is 10.7. The molecule has 1 aromatic carbocycles. The number of halogens is 3. The van der Waals surface area contributed by atoms with Crippen molar-refractivity contribution in [2.45, 2.75) is 101 Å². The normalized spacial score (nSPS) is 34.9. The molecule has 12 nitrogen and oxygen atoms in total. The van der Waals surface area contributed by atoms with Gasteiger partial charge in [-0.15, -0.1) is 11.6 Å². The van der Waals surface area contributed by atoms with Crippen molar-refractivity contribution >= 4 is 64.6 Å². The smallest absolute Gasteiger partial charge is 0.455 e. The highest BCUT2D eigenvalue weighted by Gasteiger charge is 2.78. The molecule has 1 N–H and O–H groups in total. The number of alkyl halides is 3. The molecule has 49 heavy (non-hydrogen) atoms. The number of hydrogen-bond donors (Lipinski definition) is 1. The van der Waals surface area contributed by atoms with Crippen LogP contribution in [-0.2, 0) is 42.8 Å². The summed E-state index contributed by atoms with van der Waals surface area (Å²) in [6.07, 6.45) is -7.04. The first-order valence-electron chi connectivity index (χ1n) is 15.8. The fourth-order valence-corrected chi connectivity index (χ4v) is 8.55. The monoisotopic (exact) mass is 744 g/mol. The van der Waals surface area contributed by atoms with Gasteiger partial charge in [0.2, 0.25) is 0 Å². The first-order valence-corrected chi connectivity index (χ1v) is 17.1. The van der Waals surface area contributed by atoms with Crippen LogP contribution in [0.2, 0.25) is 0 Å². The third kappa shape index (κ3) is 6.11. The average molecular weight is 746 g/mol. The van der Waals surface area contributed by atoms with Crippen LogP contribution < -0.4 is 0 Å². The van der Waals surface area contributed by atoms with Crippen molar-refractivity contribution in [1.82, 2.24) is 0 Å². The maximum Gasteiger partial charge on any atom is 0.511 e. The summed E-state index contributed by atoms with van der Waals surface area (Å²) in [7, 11) is 0. The zero-order valence-electron chi connectivity index (χ0n) is 27.9. The molecule has 0 aromatic heterocycles. The van der Waals surface area contributed by atoms with E-state index in [-0.39, 0.29) is 31.4 Å². The lowest BCUT2D eigenvalue weighted by Crippen LogP contribution is -2.81. The Bertz CT molecular complexity index is 1580. The van der Waals surface area contributed by atoms with Gasteiger partial charge < -0.3 is 33.5 Å². The topological polar surface area (TPSA) is 161 Å². The van der Waals surface area contributed by atoms with Gasteiger partial charge in [-0.2, -0.15) is 0 Å². The Kier molecular flexibility index (Phi) is 9.92. The van der Waals surface area contributed by atoms with Crippen LogP contribution in [-0.4, -0.2) is 87.6 Å². The molecule has 1 saturated heterocycles. The predicted molar refractivity (Wildman–Crippen MR) is 174 cm³/mol. The third-order valence-corrected chi connectivity index (χ3v) is 11.8. The molecule has 15 heteroatoms. The predicted octanol–water partition coefficient (Wildman–Crippen LogP) is 5.21. The summed E-state index contributed by atoms with van der Waals surface area (Å²) in [6, 6.07) is 8.04. The molecule has 2 bridgehead atoms. The molecule has 2 saturated carbocycles. The number of ketones is 1. The van der Waals surface area contributed by atoms with Gasteiger partial charge >= 0.3 is 24.1 Å². The molecule has 5 rings (SSSR count). The van der Waals surface area contributed by atoms with E-state index in [4.69, 9.17) is 63.2 Å². The van der Waals surface area contributed by atoms with E-state index in [9.17, 15) is 24.3 Å². The van der Waals surface area contributed by atoms with Gasteiger partial charge in [0.15, 0.2) is 17.5 Å². The summed E-state index contributed by atoms with van der Waals surface area (Å²) in [5.74, 6) is -5.09. The molecule has 1 heterocycles. The molecular weight excluding hydrogens is 707 g/mol. The first-order chi connectivity index (χ1) is 22.7. The standard InChI is InChI=1S/C34H39Cl3O12/c1-17-12-13-33(43)27(47-28(41)20-10-8-7-9-11-20)25-31(6,26(40)24(45-18(2)38)23(17)30(33,4)5)21(46-29(42)49-34(36,37)15-35)14-22-32(25,16-44-22)48-19(3)39/h7-11,21-22,24-25,27,43H,12-16H2,1-6H3. The summed E-state index contributed by atoms with van der Waals surface area (Å²) in [5.41, 5.74) is -5.93. The zero-order chi connectivity index (χ0) is 36.3. The lowest BCUT2D eigenvalue weighted by atomic mass is 9.45. The number of allylic oxidation sites excluding steroid dienone is 1. The zero-order valence-corrected chi connectivity index (χ0v) is 30.1. The van der Waals surface area contributed by atoms with E-state index in [0.29, 0.717) is 11.1 Å². The van der Waals surface area contributed by atoms with Gasteiger partial charge in [0.25, 0.3) is 4.52 Å². The number of benzene rings is 1. The number of hydrogen-bond acceptors (Lipinski definition) is 12. The van der Waals surface area contributed by atoms with E-state index in [2.05, 4.69) is 0 Å². The molecular formula is C34H39Cl3O12. The molecule has 0 radical (unpaired) electrons. The highest BCUT2D eigenvalue weighted by Crippen LogP contribution is 2.64. The quantitative estimate of drug-likeness (QED) is 0.168. The summed E-state index contributed by atoms with van der Waals surface area (Å²) < 4.78 is 32.7. The molecule has 1 aromatic rings. The van der Waals surface area contributed by atoms with Gasteiger partial charge in [-0.1, -0.05) is 60.8 Å². The van der Waals surface area contributed by atoms with Crippen molar-refractivity contribution < 1.29 is 57.5 Å². The fraction of sp³-hybridized carbons (Fsp3) is 0.618. The number of aliphatic hydroxyl groups is 1. The number of fused-ring (bicyclic) bond motifs is 5. The van der Waals surface area contributed by atoms with Crippen molar-refractivity contribution in [3.8, 4) is 0 Å². The maximum atomic E-state index is 15.3. The van der Waals surface area contributed by atoms with Crippen LogP contribution in [0.25, 0.3) is 0 Å². The second-order valence-electron chi connectivity index (χ2n) is 13.9. The van der Waals surface area contributed by atoms with Crippen LogP contribution in [0, 0.1) is 16.7 Å². The molecule has 3 aliphatic carbocycles. The summed E-state index contributed by atoms with van der Waals surface area (Å²) >= 11 is 17.7. The van der Waals surface area contributed by atoms with E-state index in [1.807, 2.05) is 0 Å². The second kappa shape index (κ2) is 13.0. The first kappa shape index (κ1) is 37.4. The van der Waals surface area contributed by atoms with E-state index in [1.54, 1.807) is 39.0 Å². The van der Waals surface area contributed by atoms with Gasteiger partial charge in [0.1, 0.15) is 23.9 Å². The molecule has 3 fully saturated rings. The van der Waals surface area contributed by atoms with Gasteiger partial charge in [-0.05, 0) is 44.4 Å². The van der Waals surface area contributed by atoms with Gasteiger partial charge in [-0.25, -0.2) is 9.59 Å². The van der Waals surface area contributed by atoms with Crippen LogP contribution >= 0.6 is 34.8 Å². The Morgan fingerprint density at radius 3 is 2.22 bits per heavy atom. The molecule has 4 aliphatic rings. The Balaban J connectivity index is 1.81. The number of rotatable bonds is 7. The molecule has 8 atom stereocenters. The van der Waals surface area contributed by atoms with Crippen molar-refractivity contribution in [2.75, 3.05) is 12.5 Å². The maximum absolute atomic E-state index is 15.3. The molecule has 1 aliphatic heterocycles. The minimum Gasteiger partial charge on any atom is -0.455 e. The molecule has 0 amide bonds. The van der Waals surface area contributed by atoms with Crippen LogP contribution in [0.15, 0.2) is 41.5 Å². The van der Waals surface area contributed by atoms with E-state index < -0.39 is 92.6 Å². The number of carbonyl (C=O) groups excluding carboxylic acids is 5. The summed E-state index contributed by atoms with van der Waals surface area (Å²) in [6.45, 7) is 8.61. The van der Waals surface area contributed by atoms with Crippen LogP contribution in [0.3, 0.4) is 0 Å².